The Hall–Kier alpha value is -0.760. The number of ether oxygens (including phenoxy) is 1. The Balaban J connectivity index is 2.49. The molecule has 0 atom stereocenters. The largest absolute Gasteiger partial charge is 0.497 e. The summed E-state index contributed by atoms with van der Waals surface area (Å²) < 4.78 is 4.99. The lowest BCUT2D eigenvalue weighted by Crippen LogP contribution is -2.31. The second-order valence-electron chi connectivity index (χ2n) is 4.19. The van der Waals surface area contributed by atoms with E-state index in [1.165, 1.54) is 6.42 Å². The summed E-state index contributed by atoms with van der Waals surface area (Å²) in [7, 11) is 1.58. The lowest BCUT2D eigenvalue weighted by Gasteiger charge is -2.32. The lowest BCUT2D eigenvalue weighted by atomic mass is 9.80. The summed E-state index contributed by atoms with van der Waals surface area (Å²) in [6.07, 6.45) is 5.82. The first-order chi connectivity index (χ1) is 6.57. The molecular weight excluding hydrogens is 176 g/mol. The van der Waals surface area contributed by atoms with Crippen LogP contribution in [0.5, 0.6) is 0 Å². The van der Waals surface area contributed by atoms with Crippen molar-refractivity contribution < 1.29 is 9.84 Å². The molecular formula is C12H20O2. The summed E-state index contributed by atoms with van der Waals surface area (Å²) in [5, 5.41) is 10.2. The standard InChI is InChI=1S/C12H20O2/c1-10(11(2)14-3)9-12(13)7-5-4-6-8-12/h13H,1-2,4-9H2,3H3. The number of hydrogen-bond acceptors (Lipinski definition) is 2. The number of allylic oxidation sites excluding steroid dienone is 1. The minimum atomic E-state index is -0.559. The average molecular weight is 196 g/mol. The Morgan fingerprint density at radius 2 is 1.86 bits per heavy atom. The van der Waals surface area contributed by atoms with E-state index in [2.05, 4.69) is 13.2 Å². The van der Waals surface area contributed by atoms with Crippen molar-refractivity contribution in [1.82, 2.24) is 0 Å². The van der Waals surface area contributed by atoms with Gasteiger partial charge in [0.25, 0.3) is 0 Å². The van der Waals surface area contributed by atoms with E-state index in [-0.39, 0.29) is 0 Å². The molecule has 1 aliphatic carbocycles. The highest BCUT2D eigenvalue weighted by Gasteiger charge is 2.30. The van der Waals surface area contributed by atoms with Crippen molar-refractivity contribution in [2.75, 3.05) is 7.11 Å². The first kappa shape index (κ1) is 11.3. The summed E-state index contributed by atoms with van der Waals surface area (Å²) in [5.74, 6) is 0.587. The van der Waals surface area contributed by atoms with E-state index in [0.717, 1.165) is 31.3 Å². The number of aliphatic hydroxyl groups is 1. The van der Waals surface area contributed by atoms with E-state index in [4.69, 9.17) is 4.74 Å². The molecule has 14 heavy (non-hydrogen) atoms. The summed E-state index contributed by atoms with van der Waals surface area (Å²) in [6, 6.07) is 0. The molecule has 2 heteroatoms. The summed E-state index contributed by atoms with van der Waals surface area (Å²) in [4.78, 5) is 0. The molecule has 1 aliphatic rings. The second kappa shape index (κ2) is 4.65. The van der Waals surface area contributed by atoms with E-state index >= 15 is 0 Å². The SMILES string of the molecule is C=C(CC1(O)CCCCC1)C(=C)OC. The van der Waals surface area contributed by atoms with Gasteiger partial charge in [-0.1, -0.05) is 32.4 Å². The molecule has 0 heterocycles. The molecule has 0 bridgehead atoms. The van der Waals surface area contributed by atoms with Crippen molar-refractivity contribution in [3.8, 4) is 0 Å². The molecule has 1 fully saturated rings. The van der Waals surface area contributed by atoms with Crippen molar-refractivity contribution in [1.29, 1.82) is 0 Å². The van der Waals surface area contributed by atoms with Crippen molar-refractivity contribution in [3.63, 3.8) is 0 Å². The molecule has 1 saturated carbocycles. The van der Waals surface area contributed by atoms with Crippen LogP contribution in [0.4, 0.5) is 0 Å². The maximum atomic E-state index is 10.2. The van der Waals surface area contributed by atoms with Crippen molar-refractivity contribution in [3.05, 3.63) is 24.5 Å². The van der Waals surface area contributed by atoms with Gasteiger partial charge in [-0.2, -0.15) is 0 Å². The van der Waals surface area contributed by atoms with Gasteiger partial charge < -0.3 is 9.84 Å². The average Bonchev–Trinajstić information content (AvgIpc) is 2.17. The van der Waals surface area contributed by atoms with Crippen LogP contribution < -0.4 is 0 Å². The zero-order valence-corrected chi connectivity index (χ0v) is 9.01. The van der Waals surface area contributed by atoms with Crippen LogP contribution in [0.2, 0.25) is 0 Å². The Labute approximate surface area is 86.3 Å². The fourth-order valence-corrected chi connectivity index (χ4v) is 2.03. The third-order valence-corrected chi connectivity index (χ3v) is 2.97. The summed E-state index contributed by atoms with van der Waals surface area (Å²) in [6.45, 7) is 7.62. The van der Waals surface area contributed by atoms with Crippen LogP contribution in [-0.4, -0.2) is 17.8 Å². The molecule has 0 radical (unpaired) electrons. The Morgan fingerprint density at radius 1 is 1.29 bits per heavy atom. The first-order valence-electron chi connectivity index (χ1n) is 5.21. The van der Waals surface area contributed by atoms with Crippen LogP contribution in [0.1, 0.15) is 38.5 Å². The minimum Gasteiger partial charge on any atom is -0.497 e. The van der Waals surface area contributed by atoms with Gasteiger partial charge >= 0.3 is 0 Å². The minimum absolute atomic E-state index is 0.559. The second-order valence-corrected chi connectivity index (χ2v) is 4.19. The molecule has 0 aromatic rings. The summed E-state index contributed by atoms with van der Waals surface area (Å²) in [5.41, 5.74) is 0.258. The van der Waals surface area contributed by atoms with E-state index in [9.17, 15) is 5.11 Å². The molecule has 0 aromatic carbocycles. The Kier molecular flexibility index (Phi) is 3.76. The van der Waals surface area contributed by atoms with Crippen molar-refractivity contribution >= 4 is 0 Å². The van der Waals surface area contributed by atoms with Gasteiger partial charge in [0.2, 0.25) is 0 Å². The van der Waals surface area contributed by atoms with Crippen LogP contribution in [0, 0.1) is 0 Å². The van der Waals surface area contributed by atoms with E-state index in [1.807, 2.05) is 0 Å². The third kappa shape index (κ3) is 2.88. The van der Waals surface area contributed by atoms with Crippen LogP contribution in [0.3, 0.4) is 0 Å². The predicted molar refractivity (Wildman–Crippen MR) is 57.9 cm³/mol. The topological polar surface area (TPSA) is 29.5 Å². The highest BCUT2D eigenvalue weighted by molar-refractivity contribution is 5.21. The van der Waals surface area contributed by atoms with E-state index in [1.54, 1.807) is 7.11 Å². The summed E-state index contributed by atoms with van der Waals surface area (Å²) >= 11 is 0. The van der Waals surface area contributed by atoms with E-state index in [0.29, 0.717) is 12.2 Å². The molecule has 0 unspecified atom stereocenters. The number of hydrogen-bond donors (Lipinski definition) is 1. The Morgan fingerprint density at radius 3 is 2.36 bits per heavy atom. The maximum Gasteiger partial charge on any atom is 0.114 e. The fourth-order valence-electron chi connectivity index (χ4n) is 2.03. The Bertz CT molecular complexity index is 224. The molecule has 1 rings (SSSR count). The molecule has 1 N–H and O–H groups in total. The van der Waals surface area contributed by atoms with Gasteiger partial charge in [0.15, 0.2) is 0 Å². The molecule has 0 saturated heterocycles. The third-order valence-electron chi connectivity index (χ3n) is 2.97. The molecule has 2 nitrogen and oxygen atoms in total. The zero-order valence-electron chi connectivity index (χ0n) is 9.01. The fraction of sp³-hybridized carbons (Fsp3) is 0.667. The van der Waals surface area contributed by atoms with Gasteiger partial charge in [-0.15, -0.1) is 0 Å². The van der Waals surface area contributed by atoms with Crippen LogP contribution in [0.15, 0.2) is 24.5 Å². The maximum absolute atomic E-state index is 10.2. The van der Waals surface area contributed by atoms with Crippen LogP contribution >= 0.6 is 0 Å². The smallest absolute Gasteiger partial charge is 0.114 e. The predicted octanol–water partition coefficient (Wildman–Crippen LogP) is 2.79. The molecule has 0 amide bonds. The molecule has 0 aromatic heterocycles. The van der Waals surface area contributed by atoms with Gasteiger partial charge in [0, 0.05) is 6.42 Å². The van der Waals surface area contributed by atoms with Crippen molar-refractivity contribution in [2.24, 2.45) is 0 Å². The van der Waals surface area contributed by atoms with Gasteiger partial charge in [-0.25, -0.2) is 0 Å². The quantitative estimate of drug-likeness (QED) is 0.553. The van der Waals surface area contributed by atoms with Crippen molar-refractivity contribution in [2.45, 2.75) is 44.1 Å². The number of rotatable bonds is 4. The highest BCUT2D eigenvalue weighted by atomic mass is 16.5. The normalized spacial score (nSPS) is 20.1. The molecule has 0 aliphatic heterocycles. The van der Waals surface area contributed by atoms with Gasteiger partial charge in [-0.05, 0) is 18.4 Å². The zero-order chi connectivity index (χ0) is 10.6. The van der Waals surface area contributed by atoms with E-state index < -0.39 is 5.60 Å². The van der Waals surface area contributed by atoms with Crippen LogP contribution in [-0.2, 0) is 4.74 Å². The number of methoxy groups -OCH3 is 1. The van der Waals surface area contributed by atoms with Gasteiger partial charge in [-0.3, -0.25) is 0 Å². The first-order valence-corrected chi connectivity index (χ1v) is 5.21. The van der Waals surface area contributed by atoms with Crippen LogP contribution in [0.25, 0.3) is 0 Å². The monoisotopic (exact) mass is 196 g/mol. The highest BCUT2D eigenvalue weighted by Crippen LogP contribution is 2.34. The lowest BCUT2D eigenvalue weighted by molar-refractivity contribution is 0.00387. The van der Waals surface area contributed by atoms with Gasteiger partial charge in [0.05, 0.1) is 12.7 Å². The molecule has 80 valence electrons. The van der Waals surface area contributed by atoms with Gasteiger partial charge in [0.1, 0.15) is 5.76 Å². The molecule has 0 spiro atoms.